The van der Waals surface area contributed by atoms with Gasteiger partial charge in [0, 0.05) is 6.54 Å². The maximum Gasteiger partial charge on any atom is 0.278 e. The number of halogens is 2. The lowest BCUT2D eigenvalue weighted by Crippen LogP contribution is -2.09. The zero-order valence-electron chi connectivity index (χ0n) is 13.2. The SMILES string of the molecule is O=c1[nH]cnc2c1ncn2C[C@H]1[C@@H](COCc2ccccc2)C1(F)F. The minimum atomic E-state index is -2.78. The van der Waals surface area contributed by atoms with Gasteiger partial charge in [-0.05, 0) is 5.56 Å². The zero-order valence-corrected chi connectivity index (χ0v) is 13.2. The van der Waals surface area contributed by atoms with Crippen molar-refractivity contribution in [3.63, 3.8) is 0 Å². The molecule has 130 valence electrons. The number of H-pyrrole nitrogens is 1. The number of aromatic nitrogens is 4. The van der Waals surface area contributed by atoms with Gasteiger partial charge >= 0.3 is 0 Å². The summed E-state index contributed by atoms with van der Waals surface area (Å²) in [6, 6.07) is 9.44. The van der Waals surface area contributed by atoms with E-state index in [2.05, 4.69) is 15.0 Å². The van der Waals surface area contributed by atoms with Crippen LogP contribution in [-0.2, 0) is 17.9 Å². The molecule has 2 atom stereocenters. The Bertz CT molecular complexity index is 938. The van der Waals surface area contributed by atoms with Crippen molar-refractivity contribution in [3.05, 3.63) is 58.9 Å². The second-order valence-electron chi connectivity index (χ2n) is 6.19. The highest BCUT2D eigenvalue weighted by molar-refractivity contribution is 5.68. The van der Waals surface area contributed by atoms with Gasteiger partial charge in [0.2, 0.25) is 0 Å². The van der Waals surface area contributed by atoms with E-state index in [-0.39, 0.29) is 24.2 Å². The van der Waals surface area contributed by atoms with Gasteiger partial charge in [0.25, 0.3) is 11.5 Å². The molecule has 6 nitrogen and oxygen atoms in total. The maximum atomic E-state index is 14.1. The first kappa shape index (κ1) is 15.9. The third-order valence-corrected chi connectivity index (χ3v) is 4.58. The number of nitrogens with zero attached hydrogens (tertiary/aromatic N) is 3. The van der Waals surface area contributed by atoms with Crippen molar-refractivity contribution in [2.45, 2.75) is 19.1 Å². The Morgan fingerprint density at radius 1 is 1.20 bits per heavy atom. The Morgan fingerprint density at radius 3 is 2.80 bits per heavy atom. The maximum absolute atomic E-state index is 14.1. The number of rotatable bonds is 6. The van der Waals surface area contributed by atoms with Crippen LogP contribution in [0.15, 0.2) is 47.8 Å². The van der Waals surface area contributed by atoms with Crippen molar-refractivity contribution in [1.82, 2.24) is 19.5 Å². The molecule has 4 rings (SSSR count). The Kier molecular flexibility index (Phi) is 3.84. The molecule has 25 heavy (non-hydrogen) atoms. The van der Waals surface area contributed by atoms with Crippen molar-refractivity contribution in [2.24, 2.45) is 11.8 Å². The highest BCUT2D eigenvalue weighted by atomic mass is 19.3. The lowest BCUT2D eigenvalue weighted by Gasteiger charge is -2.04. The normalized spacial score (nSPS) is 21.5. The largest absolute Gasteiger partial charge is 0.376 e. The van der Waals surface area contributed by atoms with Crippen molar-refractivity contribution in [3.8, 4) is 0 Å². The molecule has 1 saturated carbocycles. The fraction of sp³-hybridized carbons (Fsp3) is 0.353. The molecule has 1 aliphatic rings. The lowest BCUT2D eigenvalue weighted by molar-refractivity contribution is 0.0455. The number of fused-ring (bicyclic) bond motifs is 1. The lowest BCUT2D eigenvalue weighted by atomic mass is 10.2. The number of imidazole rings is 1. The molecule has 2 heterocycles. The molecule has 0 unspecified atom stereocenters. The zero-order chi connectivity index (χ0) is 17.4. The van der Waals surface area contributed by atoms with E-state index in [4.69, 9.17) is 4.74 Å². The number of hydrogen-bond acceptors (Lipinski definition) is 4. The van der Waals surface area contributed by atoms with Gasteiger partial charge < -0.3 is 14.3 Å². The van der Waals surface area contributed by atoms with Crippen molar-refractivity contribution in [2.75, 3.05) is 6.61 Å². The van der Waals surface area contributed by atoms with E-state index in [1.165, 1.54) is 17.2 Å². The van der Waals surface area contributed by atoms with E-state index in [9.17, 15) is 13.6 Å². The predicted octanol–water partition coefficient (Wildman–Crippen LogP) is 2.22. The molecule has 0 amide bonds. The minimum absolute atomic E-state index is 0.00674. The average molecular weight is 346 g/mol. The molecule has 3 aromatic rings. The third-order valence-electron chi connectivity index (χ3n) is 4.58. The Hall–Kier alpha value is -2.61. The second kappa shape index (κ2) is 6.03. The summed E-state index contributed by atoms with van der Waals surface area (Å²) in [5, 5.41) is 0. The number of ether oxygens (including phenoxy) is 1. The van der Waals surface area contributed by atoms with Crippen LogP contribution in [0.4, 0.5) is 8.78 Å². The predicted molar refractivity (Wildman–Crippen MR) is 86.2 cm³/mol. The standard InChI is InChI=1S/C17H16F2N4O2/c18-17(19)12(13(17)8-25-7-11-4-2-1-3-5-11)6-23-10-22-14-15(23)20-9-21-16(14)24/h1-5,9-10,12-13H,6-8H2,(H,20,21,24)/t12-,13+/m0/s1. The molecule has 0 radical (unpaired) electrons. The molecule has 1 N–H and O–H groups in total. The number of benzene rings is 1. The van der Waals surface area contributed by atoms with Crippen LogP contribution in [0.2, 0.25) is 0 Å². The smallest absolute Gasteiger partial charge is 0.278 e. The summed E-state index contributed by atoms with van der Waals surface area (Å²) in [6.45, 7) is 0.359. The first-order valence-electron chi connectivity index (χ1n) is 7.95. The highest BCUT2D eigenvalue weighted by Gasteiger charge is 2.67. The molecule has 1 fully saturated rings. The van der Waals surface area contributed by atoms with Crippen molar-refractivity contribution in [1.29, 1.82) is 0 Å². The Balaban J connectivity index is 1.40. The van der Waals surface area contributed by atoms with Gasteiger partial charge in [-0.1, -0.05) is 30.3 Å². The topological polar surface area (TPSA) is 72.8 Å². The van der Waals surface area contributed by atoms with Crippen LogP contribution in [-0.4, -0.2) is 32.0 Å². The molecular formula is C17H16F2N4O2. The van der Waals surface area contributed by atoms with Crippen LogP contribution in [0, 0.1) is 11.8 Å². The first-order valence-corrected chi connectivity index (χ1v) is 7.95. The van der Waals surface area contributed by atoms with Gasteiger partial charge in [-0.25, -0.2) is 18.7 Å². The Morgan fingerprint density at radius 2 is 2.00 bits per heavy atom. The van der Waals surface area contributed by atoms with Crippen molar-refractivity contribution < 1.29 is 13.5 Å². The van der Waals surface area contributed by atoms with E-state index in [1.54, 1.807) is 0 Å². The van der Waals surface area contributed by atoms with E-state index in [0.717, 1.165) is 5.56 Å². The highest BCUT2D eigenvalue weighted by Crippen LogP contribution is 2.56. The van der Waals surface area contributed by atoms with Gasteiger partial charge in [0.1, 0.15) is 0 Å². The van der Waals surface area contributed by atoms with Crippen LogP contribution in [0.1, 0.15) is 5.56 Å². The van der Waals surface area contributed by atoms with Crippen LogP contribution in [0.25, 0.3) is 11.2 Å². The summed E-state index contributed by atoms with van der Waals surface area (Å²) >= 11 is 0. The van der Waals surface area contributed by atoms with Gasteiger partial charge in [-0.3, -0.25) is 4.79 Å². The molecule has 0 spiro atoms. The average Bonchev–Trinajstić information content (AvgIpc) is 2.94. The summed E-state index contributed by atoms with van der Waals surface area (Å²) in [5.74, 6) is -4.47. The first-order chi connectivity index (χ1) is 12.1. The van der Waals surface area contributed by atoms with Gasteiger partial charge in [0.15, 0.2) is 11.2 Å². The fourth-order valence-electron chi connectivity index (χ4n) is 3.05. The fourth-order valence-corrected chi connectivity index (χ4v) is 3.05. The molecule has 8 heteroatoms. The van der Waals surface area contributed by atoms with Crippen molar-refractivity contribution >= 4 is 11.2 Å². The molecule has 1 aliphatic carbocycles. The van der Waals surface area contributed by atoms with Crippen LogP contribution in [0.3, 0.4) is 0 Å². The molecule has 1 aromatic carbocycles. The molecule has 0 aliphatic heterocycles. The Labute approximate surface area is 141 Å². The quantitative estimate of drug-likeness (QED) is 0.743. The number of alkyl halides is 2. The van der Waals surface area contributed by atoms with Gasteiger partial charge in [-0.15, -0.1) is 0 Å². The van der Waals surface area contributed by atoms with Gasteiger partial charge in [0.05, 0.1) is 37.7 Å². The summed E-state index contributed by atoms with van der Waals surface area (Å²) in [6.07, 6.45) is 2.62. The number of hydrogen-bond donors (Lipinski definition) is 1. The van der Waals surface area contributed by atoms with E-state index >= 15 is 0 Å². The molecule has 0 bridgehead atoms. The second-order valence-corrected chi connectivity index (χ2v) is 6.19. The van der Waals surface area contributed by atoms with Crippen LogP contribution in [0.5, 0.6) is 0 Å². The molecule has 2 aromatic heterocycles. The monoisotopic (exact) mass is 346 g/mol. The molecular weight excluding hydrogens is 330 g/mol. The van der Waals surface area contributed by atoms with Crippen LogP contribution < -0.4 is 5.56 Å². The third kappa shape index (κ3) is 2.93. The van der Waals surface area contributed by atoms with E-state index in [1.807, 2.05) is 30.3 Å². The summed E-state index contributed by atoms with van der Waals surface area (Å²) < 4.78 is 35.1. The number of nitrogens with one attached hydrogen (secondary N) is 1. The van der Waals surface area contributed by atoms with Gasteiger partial charge in [-0.2, -0.15) is 0 Å². The minimum Gasteiger partial charge on any atom is -0.376 e. The summed E-state index contributed by atoms with van der Waals surface area (Å²) in [5.41, 5.74) is 1.04. The van der Waals surface area contributed by atoms with E-state index in [0.29, 0.717) is 12.3 Å². The summed E-state index contributed by atoms with van der Waals surface area (Å²) in [4.78, 5) is 22.0. The number of aromatic amines is 1. The van der Waals surface area contributed by atoms with E-state index < -0.39 is 17.8 Å². The molecule has 0 saturated heterocycles. The summed E-state index contributed by atoms with van der Waals surface area (Å²) in [7, 11) is 0. The van der Waals surface area contributed by atoms with Crippen LogP contribution >= 0.6 is 0 Å².